The standard InChI is InChI=1S/C17H23NO3/c19-17(21-12-14-5-2-1-3-6-14)18-10-4-7-15(11-18)13-20-16-8-9-16/h1-3,5-6,15-16H,4,7-13H2. The first kappa shape index (κ1) is 14.4. The molecule has 2 fully saturated rings. The summed E-state index contributed by atoms with van der Waals surface area (Å²) >= 11 is 0. The molecular weight excluding hydrogens is 266 g/mol. The summed E-state index contributed by atoms with van der Waals surface area (Å²) in [5.41, 5.74) is 1.02. The second kappa shape index (κ2) is 6.94. The van der Waals surface area contributed by atoms with Crippen molar-refractivity contribution in [1.82, 2.24) is 4.90 Å². The molecule has 1 aliphatic heterocycles. The monoisotopic (exact) mass is 289 g/mol. The van der Waals surface area contributed by atoms with Gasteiger partial charge in [0.25, 0.3) is 0 Å². The minimum absolute atomic E-state index is 0.199. The SMILES string of the molecule is O=C(OCc1ccccc1)N1CCCC(COC2CC2)C1. The van der Waals surface area contributed by atoms with Crippen molar-refractivity contribution in [2.24, 2.45) is 5.92 Å². The van der Waals surface area contributed by atoms with Crippen LogP contribution in [0.15, 0.2) is 30.3 Å². The van der Waals surface area contributed by atoms with Crippen molar-refractivity contribution >= 4 is 6.09 Å². The Kier molecular flexibility index (Phi) is 4.76. The highest BCUT2D eigenvalue weighted by molar-refractivity contribution is 5.67. The molecule has 1 saturated heterocycles. The molecule has 1 aromatic carbocycles. The van der Waals surface area contributed by atoms with Gasteiger partial charge >= 0.3 is 6.09 Å². The number of likely N-dealkylation sites (tertiary alicyclic amines) is 1. The predicted molar refractivity (Wildman–Crippen MR) is 79.9 cm³/mol. The van der Waals surface area contributed by atoms with Crippen LogP contribution >= 0.6 is 0 Å². The summed E-state index contributed by atoms with van der Waals surface area (Å²) in [5, 5.41) is 0. The van der Waals surface area contributed by atoms with E-state index in [1.54, 1.807) is 0 Å². The Morgan fingerprint density at radius 2 is 2.00 bits per heavy atom. The quantitative estimate of drug-likeness (QED) is 0.835. The number of ether oxygens (including phenoxy) is 2. The number of amides is 1. The number of carbonyl (C=O) groups excluding carboxylic acids is 1. The number of carbonyl (C=O) groups is 1. The lowest BCUT2D eigenvalue weighted by Crippen LogP contribution is -2.41. The molecule has 1 aliphatic carbocycles. The van der Waals surface area contributed by atoms with Crippen LogP contribution in [0.1, 0.15) is 31.2 Å². The zero-order chi connectivity index (χ0) is 14.5. The summed E-state index contributed by atoms with van der Waals surface area (Å²) < 4.78 is 11.2. The van der Waals surface area contributed by atoms with Crippen molar-refractivity contribution in [3.63, 3.8) is 0 Å². The second-order valence-corrected chi connectivity index (χ2v) is 6.03. The predicted octanol–water partition coefficient (Wildman–Crippen LogP) is 3.21. The van der Waals surface area contributed by atoms with Crippen LogP contribution in [0.3, 0.4) is 0 Å². The number of piperidine rings is 1. The Hall–Kier alpha value is -1.55. The number of nitrogens with zero attached hydrogens (tertiary/aromatic N) is 1. The van der Waals surface area contributed by atoms with Gasteiger partial charge in [0, 0.05) is 19.0 Å². The summed E-state index contributed by atoms with van der Waals surface area (Å²) in [4.78, 5) is 14.0. The molecule has 114 valence electrons. The molecule has 4 nitrogen and oxygen atoms in total. The first-order valence-corrected chi connectivity index (χ1v) is 7.88. The molecule has 0 N–H and O–H groups in total. The van der Waals surface area contributed by atoms with Crippen molar-refractivity contribution in [2.75, 3.05) is 19.7 Å². The van der Waals surface area contributed by atoms with Crippen LogP contribution in [0.4, 0.5) is 4.79 Å². The van der Waals surface area contributed by atoms with E-state index in [-0.39, 0.29) is 6.09 Å². The van der Waals surface area contributed by atoms with E-state index in [0.29, 0.717) is 18.6 Å². The van der Waals surface area contributed by atoms with Crippen molar-refractivity contribution in [3.05, 3.63) is 35.9 Å². The molecule has 1 unspecified atom stereocenters. The van der Waals surface area contributed by atoms with Gasteiger partial charge in [0.1, 0.15) is 6.61 Å². The fourth-order valence-electron chi connectivity index (χ4n) is 2.68. The normalized spacial score (nSPS) is 22.1. The highest BCUT2D eigenvalue weighted by atomic mass is 16.6. The van der Waals surface area contributed by atoms with Crippen LogP contribution in [0.2, 0.25) is 0 Å². The molecule has 0 spiro atoms. The molecule has 1 amide bonds. The lowest BCUT2D eigenvalue weighted by atomic mass is 9.99. The Morgan fingerprint density at radius 1 is 1.19 bits per heavy atom. The van der Waals surface area contributed by atoms with E-state index in [1.807, 2.05) is 35.2 Å². The van der Waals surface area contributed by atoms with Gasteiger partial charge in [-0.25, -0.2) is 4.79 Å². The molecule has 0 aromatic heterocycles. The van der Waals surface area contributed by atoms with E-state index in [0.717, 1.165) is 38.1 Å². The van der Waals surface area contributed by atoms with Gasteiger partial charge in [-0.3, -0.25) is 0 Å². The van der Waals surface area contributed by atoms with E-state index in [4.69, 9.17) is 9.47 Å². The smallest absolute Gasteiger partial charge is 0.410 e. The number of rotatable bonds is 5. The van der Waals surface area contributed by atoms with Crippen molar-refractivity contribution in [2.45, 2.75) is 38.4 Å². The summed E-state index contributed by atoms with van der Waals surface area (Å²) in [6, 6.07) is 9.80. The van der Waals surface area contributed by atoms with Crippen LogP contribution < -0.4 is 0 Å². The number of hydrogen-bond acceptors (Lipinski definition) is 3. The molecule has 4 heteroatoms. The fourth-order valence-corrected chi connectivity index (χ4v) is 2.68. The number of hydrogen-bond donors (Lipinski definition) is 0. The summed E-state index contributed by atoms with van der Waals surface area (Å²) in [7, 11) is 0. The average molecular weight is 289 g/mol. The second-order valence-electron chi connectivity index (χ2n) is 6.03. The molecule has 1 saturated carbocycles. The first-order chi connectivity index (χ1) is 10.3. The third-order valence-corrected chi connectivity index (χ3v) is 4.07. The van der Waals surface area contributed by atoms with Gasteiger partial charge in [-0.05, 0) is 31.2 Å². The van der Waals surface area contributed by atoms with E-state index in [9.17, 15) is 4.79 Å². The summed E-state index contributed by atoms with van der Waals surface area (Å²) in [6.07, 6.45) is 4.89. The van der Waals surface area contributed by atoms with Crippen molar-refractivity contribution < 1.29 is 14.3 Å². The van der Waals surface area contributed by atoms with E-state index in [2.05, 4.69) is 0 Å². The van der Waals surface area contributed by atoms with Gasteiger partial charge < -0.3 is 14.4 Å². The Bertz CT molecular complexity index is 458. The van der Waals surface area contributed by atoms with Gasteiger partial charge in [0.15, 0.2) is 0 Å². The molecule has 2 aliphatic rings. The van der Waals surface area contributed by atoms with Gasteiger partial charge in [-0.15, -0.1) is 0 Å². The van der Waals surface area contributed by atoms with Crippen LogP contribution in [-0.4, -0.2) is 36.8 Å². The molecule has 0 radical (unpaired) electrons. The van der Waals surface area contributed by atoms with Crippen LogP contribution in [-0.2, 0) is 16.1 Å². The minimum Gasteiger partial charge on any atom is -0.445 e. The highest BCUT2D eigenvalue weighted by Crippen LogP contribution is 2.26. The zero-order valence-corrected chi connectivity index (χ0v) is 12.4. The third-order valence-electron chi connectivity index (χ3n) is 4.07. The van der Waals surface area contributed by atoms with Crippen molar-refractivity contribution in [1.29, 1.82) is 0 Å². The molecule has 3 rings (SSSR count). The van der Waals surface area contributed by atoms with E-state index < -0.39 is 0 Å². The molecule has 0 bridgehead atoms. The minimum atomic E-state index is -0.199. The maximum atomic E-state index is 12.1. The van der Waals surface area contributed by atoms with Crippen LogP contribution in [0.25, 0.3) is 0 Å². The van der Waals surface area contributed by atoms with E-state index >= 15 is 0 Å². The van der Waals surface area contributed by atoms with Crippen LogP contribution in [0.5, 0.6) is 0 Å². The maximum Gasteiger partial charge on any atom is 0.410 e. The van der Waals surface area contributed by atoms with Crippen LogP contribution in [0, 0.1) is 5.92 Å². The van der Waals surface area contributed by atoms with Crippen molar-refractivity contribution in [3.8, 4) is 0 Å². The maximum absolute atomic E-state index is 12.1. The summed E-state index contributed by atoms with van der Waals surface area (Å²) in [5.74, 6) is 0.462. The largest absolute Gasteiger partial charge is 0.445 e. The Labute approximate surface area is 126 Å². The Morgan fingerprint density at radius 3 is 2.76 bits per heavy atom. The molecule has 1 atom stereocenters. The summed E-state index contributed by atoms with van der Waals surface area (Å²) in [6.45, 7) is 2.69. The highest BCUT2D eigenvalue weighted by Gasteiger charge is 2.28. The zero-order valence-electron chi connectivity index (χ0n) is 12.4. The molecule has 21 heavy (non-hydrogen) atoms. The lowest BCUT2D eigenvalue weighted by Gasteiger charge is -2.31. The third kappa shape index (κ3) is 4.46. The van der Waals surface area contributed by atoms with Gasteiger partial charge in [-0.2, -0.15) is 0 Å². The molecular formula is C17H23NO3. The average Bonchev–Trinajstić information content (AvgIpc) is 3.36. The molecule has 1 aromatic rings. The van der Waals surface area contributed by atoms with E-state index in [1.165, 1.54) is 12.8 Å². The van der Waals surface area contributed by atoms with Gasteiger partial charge in [0.05, 0.1) is 12.7 Å². The topological polar surface area (TPSA) is 38.8 Å². The van der Waals surface area contributed by atoms with Gasteiger partial charge in [0.2, 0.25) is 0 Å². The molecule has 1 heterocycles. The fraction of sp³-hybridized carbons (Fsp3) is 0.588. The number of benzene rings is 1. The lowest BCUT2D eigenvalue weighted by molar-refractivity contribution is 0.0403. The Balaban J connectivity index is 1.42. The van der Waals surface area contributed by atoms with Gasteiger partial charge in [-0.1, -0.05) is 30.3 Å². The first-order valence-electron chi connectivity index (χ1n) is 7.88.